The zero-order valence-electron chi connectivity index (χ0n) is 7.79. The maximum absolute atomic E-state index is 10.8. The van der Waals surface area contributed by atoms with Gasteiger partial charge >= 0.3 is 109 Å². The van der Waals surface area contributed by atoms with Crippen molar-refractivity contribution in [2.24, 2.45) is 0 Å². The zero-order chi connectivity index (χ0) is 8.85. The summed E-state index contributed by atoms with van der Waals surface area (Å²) in [7, 11) is 0. The smallest absolute Gasteiger partial charge is 0.763 e. The van der Waals surface area contributed by atoms with E-state index in [0.29, 0.717) is 0 Å². The van der Waals surface area contributed by atoms with Gasteiger partial charge in [0.15, 0.2) is 0 Å². The fourth-order valence-electron chi connectivity index (χ4n) is 0.378. The first kappa shape index (κ1) is 20.9. The third-order valence-electron chi connectivity index (χ3n) is 0.795. The summed E-state index contributed by atoms with van der Waals surface area (Å²) in [6.45, 7) is 1.85. The van der Waals surface area contributed by atoms with Crippen LogP contribution in [-0.4, -0.2) is 22.6 Å². The van der Waals surface area contributed by atoms with Crippen LogP contribution >= 0.6 is 12.2 Å². The molecule has 3 nitrogen and oxygen atoms in total. The summed E-state index contributed by atoms with van der Waals surface area (Å²) in [5.41, 5.74) is -0.267. The summed E-state index contributed by atoms with van der Waals surface area (Å²) in [6, 6.07) is 0. The molecule has 0 bridgehead atoms. The van der Waals surface area contributed by atoms with Gasteiger partial charge in [0.2, 0.25) is 0 Å². The van der Waals surface area contributed by atoms with Crippen LogP contribution in [0.1, 0.15) is 6.92 Å². The summed E-state index contributed by atoms with van der Waals surface area (Å²) in [4.78, 5) is 10.8. The van der Waals surface area contributed by atoms with Crippen molar-refractivity contribution in [1.82, 2.24) is 0 Å². The molecule has 60 valence electrons. The van der Waals surface area contributed by atoms with Crippen molar-refractivity contribution >= 4 is 40.9 Å². The molecule has 0 aromatic carbocycles. The van der Waals surface area contributed by atoms with Crippen LogP contribution in [0.25, 0.3) is 5.41 Å². The van der Waals surface area contributed by atoms with Crippen LogP contribution < -0.4 is 103 Å². The number of carbonyl (C=O) groups is 1. The van der Waals surface area contributed by atoms with E-state index in [1.54, 1.807) is 12.8 Å². The second kappa shape index (κ2) is 12.6. The number of hydrogen-bond acceptors (Lipinski definition) is 4. The van der Waals surface area contributed by atoms with Gasteiger partial charge in [0.25, 0.3) is 0 Å². The predicted octanol–water partition coefficient (Wildman–Crippen LogP) is -5.40. The first-order valence-electron chi connectivity index (χ1n) is 2.79. The van der Waals surface area contributed by atoms with Gasteiger partial charge in [0.05, 0.1) is 12.2 Å². The molecule has 0 saturated carbocycles. The molecule has 0 heterocycles. The Balaban J connectivity index is -0.000000500. The van der Waals surface area contributed by atoms with E-state index in [-0.39, 0.29) is 119 Å². The van der Waals surface area contributed by atoms with Gasteiger partial charge in [-0.1, -0.05) is 0 Å². The van der Waals surface area contributed by atoms with Crippen molar-refractivity contribution < 1.29 is 112 Å². The molecule has 0 spiro atoms. The van der Waals surface area contributed by atoms with Crippen molar-refractivity contribution in [3.8, 4) is 0 Å². The summed E-state index contributed by atoms with van der Waals surface area (Å²) < 4.78 is 4.36. The number of carbonyl (C=O) groups excluding carboxylic acids is 1. The zero-order valence-corrected chi connectivity index (χ0v) is 15.7. The van der Waals surface area contributed by atoms with Crippen molar-refractivity contribution in [2.75, 3.05) is 6.61 Å². The number of hydrogen-bond donors (Lipinski definition) is 0. The molecule has 0 aliphatic heterocycles. The Bertz CT molecular complexity index is 239. The van der Waals surface area contributed by atoms with E-state index in [1.807, 2.05) is 0 Å². The molecule has 0 fully saturated rings. The summed E-state index contributed by atoms with van der Waals surface area (Å²) in [6.07, 6.45) is 0. The molecule has 0 amide bonds. The standard InChI is InChI=1S/C6H6NO2S2.2K/c1-2-9-5(8)4(3-7)6(10)11;;/h2H2,1H3,(H,10,11);;/q-1;2*+1/p-1. The molecule has 0 aromatic heterocycles. The molecule has 0 radical (unpaired) electrons. The van der Waals surface area contributed by atoms with Gasteiger partial charge in [-0.05, 0) is 6.92 Å². The van der Waals surface area contributed by atoms with E-state index in [4.69, 9.17) is 5.41 Å². The Morgan fingerprint density at radius 3 is 2.31 bits per heavy atom. The molecule has 0 aliphatic rings. The van der Waals surface area contributed by atoms with Crippen LogP contribution in [0.5, 0.6) is 0 Å². The summed E-state index contributed by atoms with van der Waals surface area (Å²) in [5, 5.41) is 8.35. The maximum atomic E-state index is 10.8. The number of nitrogens with zero attached hydrogens (tertiary/aromatic N) is 1. The van der Waals surface area contributed by atoms with Crippen molar-refractivity contribution in [3.63, 3.8) is 0 Å². The quantitative estimate of drug-likeness (QED) is 0.128. The van der Waals surface area contributed by atoms with E-state index >= 15 is 0 Å². The third-order valence-corrected chi connectivity index (χ3v) is 1.20. The Morgan fingerprint density at radius 1 is 1.62 bits per heavy atom. The van der Waals surface area contributed by atoms with Crippen LogP contribution in [0.3, 0.4) is 0 Å². The number of ether oxygens (including phenoxy) is 1. The molecule has 0 rings (SSSR count). The van der Waals surface area contributed by atoms with Gasteiger partial charge in [0, 0.05) is 0 Å². The average molecular weight is 265 g/mol. The number of thiocarbonyl (C=S) groups is 1. The van der Waals surface area contributed by atoms with Gasteiger partial charge in [-0.25, -0.2) is 4.79 Å². The van der Waals surface area contributed by atoms with E-state index in [1.165, 1.54) is 0 Å². The molecule has 0 saturated heterocycles. The molecule has 0 unspecified atom stereocenters. The molecule has 7 heteroatoms. The fraction of sp³-hybridized carbons (Fsp3) is 0.333. The maximum Gasteiger partial charge on any atom is 1.00 e. The van der Waals surface area contributed by atoms with Crippen LogP contribution in [-0.2, 0) is 22.2 Å². The van der Waals surface area contributed by atoms with Crippen molar-refractivity contribution in [2.45, 2.75) is 6.92 Å². The van der Waals surface area contributed by atoms with Gasteiger partial charge in [-0.2, -0.15) is 0 Å². The third kappa shape index (κ3) is 9.43. The fourth-order valence-corrected chi connectivity index (χ4v) is 0.636. The molecule has 13 heavy (non-hydrogen) atoms. The number of esters is 1. The minimum Gasteiger partial charge on any atom is -0.763 e. The van der Waals surface area contributed by atoms with Crippen molar-refractivity contribution in [3.05, 3.63) is 11.0 Å². The molecule has 0 N–H and O–H groups in total. The molecular formula is C6H5K2NO2S2. The second-order valence-corrected chi connectivity index (χ2v) is 2.57. The van der Waals surface area contributed by atoms with E-state index < -0.39 is 5.97 Å². The topological polar surface area (TPSA) is 48.6 Å². The van der Waals surface area contributed by atoms with Gasteiger partial charge in [0.1, 0.15) is 0 Å². The monoisotopic (exact) mass is 265 g/mol. The van der Waals surface area contributed by atoms with Crippen LogP contribution in [0.15, 0.2) is 5.57 Å². The SMILES string of the molecule is CCOC(=O)C(=C=[N-])C(=S)[S-].[K+].[K+]. The molecular weight excluding hydrogens is 260 g/mol. The Kier molecular flexibility index (Phi) is 20.2. The van der Waals surface area contributed by atoms with Crippen LogP contribution in [0.2, 0.25) is 0 Å². The second-order valence-electron chi connectivity index (χ2n) is 1.49. The summed E-state index contributed by atoms with van der Waals surface area (Å²) >= 11 is 8.92. The minimum atomic E-state index is -0.741. The van der Waals surface area contributed by atoms with Crippen molar-refractivity contribution in [1.29, 1.82) is 0 Å². The number of rotatable bonds is 3. The van der Waals surface area contributed by atoms with Crippen LogP contribution in [0, 0.1) is 0 Å². The van der Waals surface area contributed by atoms with Gasteiger partial charge < -0.3 is 35.0 Å². The van der Waals surface area contributed by atoms with Crippen LogP contribution in [0.4, 0.5) is 0 Å². The Morgan fingerprint density at radius 2 is 2.08 bits per heavy atom. The largest absolute Gasteiger partial charge is 1.00 e. The predicted molar refractivity (Wildman–Crippen MR) is 48.5 cm³/mol. The molecule has 0 aliphatic carbocycles. The first-order chi connectivity index (χ1) is 5.13. The average Bonchev–Trinajstić information content (AvgIpc) is 1.88. The molecule has 0 aromatic rings. The van der Waals surface area contributed by atoms with Gasteiger partial charge in [-0.15, -0.1) is 4.20 Å². The summed E-state index contributed by atoms with van der Waals surface area (Å²) in [5.74, 6) is 0.842. The van der Waals surface area contributed by atoms with E-state index in [0.717, 1.165) is 0 Å². The van der Waals surface area contributed by atoms with E-state index in [2.05, 4.69) is 29.6 Å². The molecule has 0 atom stereocenters. The van der Waals surface area contributed by atoms with E-state index in [9.17, 15) is 4.79 Å². The minimum absolute atomic E-state index is 0. The van der Waals surface area contributed by atoms with Gasteiger partial charge in [-0.3, -0.25) is 5.87 Å². The Labute approximate surface area is 173 Å². The first-order valence-corrected chi connectivity index (χ1v) is 3.60. The Hall–Kier alpha value is 2.50. The normalized spacial score (nSPS) is 6.85.